The van der Waals surface area contributed by atoms with E-state index in [1.54, 1.807) is 12.4 Å². The maximum atomic E-state index is 11.9. The van der Waals surface area contributed by atoms with Crippen LogP contribution < -0.4 is 15.4 Å². The number of rotatable bonds is 5. The van der Waals surface area contributed by atoms with Crippen molar-refractivity contribution in [2.45, 2.75) is 13.3 Å². The molecule has 0 spiro atoms. The van der Waals surface area contributed by atoms with E-state index < -0.39 is 0 Å². The fourth-order valence-electron chi connectivity index (χ4n) is 1.83. The Labute approximate surface area is 133 Å². The van der Waals surface area contributed by atoms with Gasteiger partial charge in [-0.2, -0.15) is 4.98 Å². The molecule has 0 saturated heterocycles. The normalized spacial score (nSPS) is 10.1. The van der Waals surface area contributed by atoms with E-state index >= 15 is 0 Å². The molecular formula is C14H16ClN5O2. The number of hydrogen-bond acceptors (Lipinski definition) is 5. The van der Waals surface area contributed by atoms with Gasteiger partial charge in [0, 0.05) is 18.9 Å². The minimum atomic E-state index is -0.389. The Hall–Kier alpha value is -2.41. The molecule has 22 heavy (non-hydrogen) atoms. The SMILES string of the molecule is COc1cnc(Cl)nc1NC(=O)NCCc1ccncc1C. The summed E-state index contributed by atoms with van der Waals surface area (Å²) in [5, 5.41) is 5.36. The first-order valence-electron chi connectivity index (χ1n) is 6.61. The molecule has 7 nitrogen and oxygen atoms in total. The zero-order chi connectivity index (χ0) is 15.9. The van der Waals surface area contributed by atoms with Crippen molar-refractivity contribution < 1.29 is 9.53 Å². The van der Waals surface area contributed by atoms with Crippen LogP contribution in [0.3, 0.4) is 0 Å². The van der Waals surface area contributed by atoms with Crippen molar-refractivity contribution in [3.8, 4) is 5.75 Å². The van der Waals surface area contributed by atoms with Crippen molar-refractivity contribution >= 4 is 23.4 Å². The van der Waals surface area contributed by atoms with Crippen LogP contribution in [0.25, 0.3) is 0 Å². The first kappa shape index (κ1) is 16.0. The molecule has 0 fully saturated rings. The van der Waals surface area contributed by atoms with Gasteiger partial charge in [0.1, 0.15) is 0 Å². The van der Waals surface area contributed by atoms with E-state index in [0.717, 1.165) is 11.1 Å². The zero-order valence-corrected chi connectivity index (χ0v) is 13.0. The number of nitrogens with zero attached hydrogens (tertiary/aromatic N) is 3. The topological polar surface area (TPSA) is 89.0 Å². The molecule has 0 atom stereocenters. The van der Waals surface area contributed by atoms with E-state index in [2.05, 4.69) is 25.6 Å². The second-order valence-electron chi connectivity index (χ2n) is 4.49. The Morgan fingerprint density at radius 2 is 2.23 bits per heavy atom. The highest BCUT2D eigenvalue weighted by molar-refractivity contribution is 6.28. The largest absolute Gasteiger partial charge is 0.491 e. The predicted octanol–water partition coefficient (Wildman–Crippen LogP) is 2.21. The summed E-state index contributed by atoms with van der Waals surface area (Å²) >= 11 is 5.70. The number of aryl methyl sites for hydroxylation is 1. The van der Waals surface area contributed by atoms with Crippen LogP contribution >= 0.6 is 11.6 Å². The number of methoxy groups -OCH3 is 1. The molecule has 8 heteroatoms. The van der Waals surface area contributed by atoms with Gasteiger partial charge >= 0.3 is 6.03 Å². The lowest BCUT2D eigenvalue weighted by Gasteiger charge is -2.10. The van der Waals surface area contributed by atoms with E-state index in [4.69, 9.17) is 16.3 Å². The molecule has 0 bridgehead atoms. The summed E-state index contributed by atoms with van der Waals surface area (Å²) in [4.78, 5) is 23.6. The number of urea groups is 1. The second-order valence-corrected chi connectivity index (χ2v) is 4.83. The summed E-state index contributed by atoms with van der Waals surface area (Å²) in [7, 11) is 1.46. The third-order valence-electron chi connectivity index (χ3n) is 2.99. The molecule has 2 N–H and O–H groups in total. The van der Waals surface area contributed by atoms with Gasteiger partial charge in [0.05, 0.1) is 13.3 Å². The maximum absolute atomic E-state index is 11.9. The number of aromatic nitrogens is 3. The van der Waals surface area contributed by atoms with Crippen LogP contribution in [0.4, 0.5) is 10.6 Å². The first-order chi connectivity index (χ1) is 10.6. The van der Waals surface area contributed by atoms with Gasteiger partial charge in [-0.05, 0) is 42.1 Å². The average Bonchev–Trinajstić information content (AvgIpc) is 2.49. The zero-order valence-electron chi connectivity index (χ0n) is 12.3. The molecule has 0 radical (unpaired) electrons. The van der Waals surface area contributed by atoms with Crippen molar-refractivity contribution in [2.24, 2.45) is 0 Å². The van der Waals surface area contributed by atoms with Crippen LogP contribution in [-0.4, -0.2) is 34.6 Å². The van der Waals surface area contributed by atoms with Gasteiger partial charge in [-0.3, -0.25) is 10.3 Å². The summed E-state index contributed by atoms with van der Waals surface area (Å²) in [5.74, 6) is 0.560. The lowest BCUT2D eigenvalue weighted by molar-refractivity contribution is 0.252. The van der Waals surface area contributed by atoms with Gasteiger partial charge in [-0.25, -0.2) is 9.78 Å². The molecule has 116 valence electrons. The van der Waals surface area contributed by atoms with Crippen LogP contribution in [-0.2, 0) is 6.42 Å². The molecule has 0 aliphatic carbocycles. The molecule has 2 aromatic rings. The Balaban J connectivity index is 1.88. The van der Waals surface area contributed by atoms with Crippen molar-refractivity contribution in [1.29, 1.82) is 0 Å². The molecular weight excluding hydrogens is 306 g/mol. The summed E-state index contributed by atoms with van der Waals surface area (Å²) in [6.45, 7) is 2.47. The number of hydrogen-bond donors (Lipinski definition) is 2. The number of carbonyl (C=O) groups excluding carboxylic acids is 1. The molecule has 2 rings (SSSR count). The fourth-order valence-corrected chi connectivity index (χ4v) is 1.97. The Morgan fingerprint density at radius 3 is 2.95 bits per heavy atom. The van der Waals surface area contributed by atoms with Gasteiger partial charge < -0.3 is 10.1 Å². The Bertz CT molecular complexity index is 665. The maximum Gasteiger partial charge on any atom is 0.320 e. The lowest BCUT2D eigenvalue weighted by Crippen LogP contribution is -2.31. The molecule has 0 saturated carbocycles. The van der Waals surface area contributed by atoms with E-state index in [1.807, 2.05) is 13.0 Å². The first-order valence-corrected chi connectivity index (χ1v) is 6.99. The predicted molar refractivity (Wildman–Crippen MR) is 83.3 cm³/mol. The minimum Gasteiger partial charge on any atom is -0.491 e. The molecule has 0 aliphatic rings. The second kappa shape index (κ2) is 7.56. The van der Waals surface area contributed by atoms with Gasteiger partial charge in [-0.1, -0.05) is 0 Å². The summed E-state index contributed by atoms with van der Waals surface area (Å²) in [6.07, 6.45) is 5.63. The molecule has 0 unspecified atom stereocenters. The minimum absolute atomic E-state index is 0.0310. The molecule has 0 aromatic carbocycles. The molecule has 2 heterocycles. The number of ether oxygens (including phenoxy) is 1. The van der Waals surface area contributed by atoms with E-state index in [-0.39, 0.29) is 17.1 Å². The monoisotopic (exact) mass is 321 g/mol. The van der Waals surface area contributed by atoms with Crippen molar-refractivity contribution in [3.05, 3.63) is 41.1 Å². The number of halogens is 1. The number of anilines is 1. The van der Waals surface area contributed by atoms with Gasteiger partial charge in [0.25, 0.3) is 0 Å². The smallest absolute Gasteiger partial charge is 0.320 e. The van der Waals surface area contributed by atoms with E-state index in [1.165, 1.54) is 13.3 Å². The lowest BCUT2D eigenvalue weighted by atomic mass is 10.1. The molecule has 0 aliphatic heterocycles. The Morgan fingerprint density at radius 1 is 1.41 bits per heavy atom. The summed E-state index contributed by atoms with van der Waals surface area (Å²) in [5.41, 5.74) is 2.23. The van der Waals surface area contributed by atoms with E-state index in [9.17, 15) is 4.79 Å². The van der Waals surface area contributed by atoms with Crippen LogP contribution in [0.15, 0.2) is 24.7 Å². The van der Waals surface area contributed by atoms with Crippen LogP contribution in [0.1, 0.15) is 11.1 Å². The highest BCUT2D eigenvalue weighted by Crippen LogP contribution is 2.21. The average molecular weight is 322 g/mol. The third kappa shape index (κ3) is 4.29. The van der Waals surface area contributed by atoms with E-state index in [0.29, 0.717) is 18.7 Å². The fraction of sp³-hybridized carbons (Fsp3) is 0.286. The van der Waals surface area contributed by atoms with Gasteiger partial charge in [-0.15, -0.1) is 0 Å². The highest BCUT2D eigenvalue weighted by Gasteiger charge is 2.10. The number of amides is 2. The number of carbonyl (C=O) groups is 1. The molecule has 2 aromatic heterocycles. The van der Waals surface area contributed by atoms with Crippen molar-refractivity contribution in [3.63, 3.8) is 0 Å². The number of pyridine rings is 1. The van der Waals surface area contributed by atoms with Crippen LogP contribution in [0.2, 0.25) is 5.28 Å². The highest BCUT2D eigenvalue weighted by atomic mass is 35.5. The van der Waals surface area contributed by atoms with Gasteiger partial charge in [0.2, 0.25) is 5.28 Å². The van der Waals surface area contributed by atoms with Gasteiger partial charge in [0.15, 0.2) is 11.6 Å². The quantitative estimate of drug-likeness (QED) is 0.824. The number of nitrogens with one attached hydrogen (secondary N) is 2. The summed E-state index contributed by atoms with van der Waals surface area (Å²) < 4.78 is 5.06. The Kier molecular flexibility index (Phi) is 5.48. The molecule has 2 amide bonds. The van der Waals surface area contributed by atoms with Crippen molar-refractivity contribution in [1.82, 2.24) is 20.3 Å². The third-order valence-corrected chi connectivity index (χ3v) is 3.18. The van der Waals surface area contributed by atoms with Crippen LogP contribution in [0, 0.1) is 6.92 Å². The van der Waals surface area contributed by atoms with Crippen LogP contribution in [0.5, 0.6) is 5.75 Å². The summed E-state index contributed by atoms with van der Waals surface area (Å²) in [6, 6.07) is 1.54. The van der Waals surface area contributed by atoms with Crippen molar-refractivity contribution in [2.75, 3.05) is 19.0 Å². The standard InChI is InChI=1S/C14H16ClN5O2/c1-9-7-16-5-3-10(9)4-6-17-14(21)20-12-11(22-2)8-18-13(15)19-12/h3,5,7-8H,4,6H2,1-2H3,(H2,17,18,19,20,21).